The molecule has 0 heterocycles. The number of methoxy groups -OCH3 is 1. The maximum absolute atomic E-state index is 6.06. The third-order valence-corrected chi connectivity index (χ3v) is 2.81. The van der Waals surface area contributed by atoms with Gasteiger partial charge in [0, 0.05) is 13.2 Å². The molecule has 1 rings (SSSR count). The van der Waals surface area contributed by atoms with Crippen LogP contribution in [0.25, 0.3) is 0 Å². The number of rotatable bonds is 6. The first-order chi connectivity index (χ1) is 6.19. The molecule has 0 aromatic heterocycles. The molecule has 0 bridgehead atoms. The minimum absolute atomic E-state index is 0.143. The first kappa shape index (κ1) is 10.7. The molecule has 1 fully saturated rings. The highest BCUT2D eigenvalue weighted by molar-refractivity contribution is 5.00. The Kier molecular flexibility index (Phi) is 3.94. The van der Waals surface area contributed by atoms with Crippen LogP contribution in [-0.2, 0) is 4.74 Å². The smallest absolute Gasteiger partial charge is 0.0753 e. The lowest BCUT2D eigenvalue weighted by Gasteiger charge is -2.22. The minimum atomic E-state index is 0.143. The summed E-state index contributed by atoms with van der Waals surface area (Å²) in [4.78, 5) is 0. The monoisotopic (exact) mass is 183 g/mol. The minimum Gasteiger partial charge on any atom is -0.380 e. The van der Waals surface area contributed by atoms with Gasteiger partial charge >= 0.3 is 0 Å². The first-order valence-electron chi connectivity index (χ1n) is 5.14. The largest absolute Gasteiger partial charge is 0.380 e. The van der Waals surface area contributed by atoms with Gasteiger partial charge in [-0.25, -0.2) is 0 Å². The Morgan fingerprint density at radius 2 is 2.23 bits per heavy atom. The van der Waals surface area contributed by atoms with Crippen LogP contribution >= 0.6 is 0 Å². The van der Waals surface area contributed by atoms with Crippen molar-refractivity contribution >= 4 is 0 Å². The van der Waals surface area contributed by atoms with Gasteiger partial charge in [0.05, 0.1) is 6.10 Å². The van der Waals surface area contributed by atoms with Crippen LogP contribution in [0.5, 0.6) is 0 Å². The van der Waals surface area contributed by atoms with E-state index in [-0.39, 0.29) is 12.1 Å². The van der Waals surface area contributed by atoms with E-state index in [1.807, 2.05) is 0 Å². The fraction of sp³-hybridized carbons (Fsp3) is 0.818. The number of hydrogen-bond acceptors (Lipinski definition) is 2. The molecule has 0 aromatic carbocycles. The van der Waals surface area contributed by atoms with Gasteiger partial charge < -0.3 is 10.5 Å². The van der Waals surface area contributed by atoms with Gasteiger partial charge in [-0.15, -0.1) is 0 Å². The summed E-state index contributed by atoms with van der Waals surface area (Å²) in [6.45, 7) is 6.09. The normalized spacial score (nSPS) is 21.2. The summed E-state index contributed by atoms with van der Waals surface area (Å²) in [7, 11) is 1.76. The second-order valence-corrected chi connectivity index (χ2v) is 4.01. The molecule has 1 saturated carbocycles. The van der Waals surface area contributed by atoms with E-state index >= 15 is 0 Å². The van der Waals surface area contributed by atoms with Crippen LogP contribution in [0.4, 0.5) is 0 Å². The summed E-state index contributed by atoms with van der Waals surface area (Å²) >= 11 is 0. The van der Waals surface area contributed by atoms with Gasteiger partial charge in [0.1, 0.15) is 0 Å². The quantitative estimate of drug-likeness (QED) is 0.640. The van der Waals surface area contributed by atoms with Crippen molar-refractivity contribution in [3.63, 3.8) is 0 Å². The molecule has 76 valence electrons. The summed E-state index contributed by atoms with van der Waals surface area (Å²) < 4.78 is 5.42. The second kappa shape index (κ2) is 4.77. The molecule has 1 aliphatic carbocycles. The van der Waals surface area contributed by atoms with Gasteiger partial charge in [-0.3, -0.25) is 0 Å². The van der Waals surface area contributed by atoms with Crippen molar-refractivity contribution in [2.24, 2.45) is 11.7 Å². The molecule has 2 N–H and O–H groups in total. The molecule has 0 amide bonds. The van der Waals surface area contributed by atoms with Crippen LogP contribution in [-0.4, -0.2) is 19.3 Å². The molecule has 2 atom stereocenters. The Labute approximate surface area is 81.1 Å². The number of hydrogen-bond donors (Lipinski definition) is 1. The molecule has 13 heavy (non-hydrogen) atoms. The lowest BCUT2D eigenvalue weighted by molar-refractivity contribution is 0.0625. The van der Waals surface area contributed by atoms with Gasteiger partial charge in [0.25, 0.3) is 0 Å². The van der Waals surface area contributed by atoms with E-state index in [0.29, 0.717) is 5.92 Å². The lowest BCUT2D eigenvalue weighted by Crippen LogP contribution is -2.37. The van der Waals surface area contributed by atoms with Crippen molar-refractivity contribution in [3.05, 3.63) is 12.2 Å². The molecule has 2 nitrogen and oxygen atoms in total. The highest BCUT2D eigenvalue weighted by Crippen LogP contribution is 2.36. The third kappa shape index (κ3) is 3.12. The van der Waals surface area contributed by atoms with Gasteiger partial charge in [-0.05, 0) is 31.6 Å². The molecule has 2 unspecified atom stereocenters. The van der Waals surface area contributed by atoms with Gasteiger partial charge in [0.15, 0.2) is 0 Å². The zero-order valence-electron chi connectivity index (χ0n) is 8.75. The van der Waals surface area contributed by atoms with Gasteiger partial charge in [-0.2, -0.15) is 0 Å². The van der Waals surface area contributed by atoms with Crippen LogP contribution in [0, 0.1) is 5.92 Å². The molecule has 1 aliphatic rings. The lowest BCUT2D eigenvalue weighted by atomic mass is 9.99. The molecule has 0 aliphatic heterocycles. The van der Waals surface area contributed by atoms with Gasteiger partial charge in [0.2, 0.25) is 0 Å². The number of ether oxygens (including phenoxy) is 1. The fourth-order valence-corrected chi connectivity index (χ4v) is 1.74. The zero-order valence-corrected chi connectivity index (χ0v) is 8.75. The van der Waals surface area contributed by atoms with Crippen molar-refractivity contribution in [3.8, 4) is 0 Å². The molecular weight excluding hydrogens is 162 g/mol. The van der Waals surface area contributed by atoms with E-state index in [1.54, 1.807) is 7.11 Å². The van der Waals surface area contributed by atoms with Crippen molar-refractivity contribution in [2.75, 3.05) is 7.11 Å². The van der Waals surface area contributed by atoms with Crippen LogP contribution in [0.15, 0.2) is 12.2 Å². The molecule has 0 aromatic rings. The summed E-state index contributed by atoms with van der Waals surface area (Å²) in [6.07, 6.45) is 4.75. The molecule has 0 spiro atoms. The average molecular weight is 183 g/mol. The van der Waals surface area contributed by atoms with Crippen molar-refractivity contribution in [1.82, 2.24) is 0 Å². The fourth-order valence-electron chi connectivity index (χ4n) is 1.74. The maximum atomic E-state index is 6.06. The van der Waals surface area contributed by atoms with Crippen molar-refractivity contribution in [2.45, 2.75) is 44.8 Å². The van der Waals surface area contributed by atoms with Crippen molar-refractivity contribution < 1.29 is 4.74 Å². The van der Waals surface area contributed by atoms with Gasteiger partial charge in [-0.1, -0.05) is 19.1 Å². The predicted molar refractivity (Wildman–Crippen MR) is 55.5 cm³/mol. The predicted octanol–water partition coefficient (Wildman–Crippen LogP) is 2.09. The van der Waals surface area contributed by atoms with Crippen molar-refractivity contribution in [1.29, 1.82) is 0 Å². The topological polar surface area (TPSA) is 35.2 Å². The summed E-state index contributed by atoms with van der Waals surface area (Å²) in [6, 6.07) is 0.143. The number of nitrogens with two attached hydrogens (primary N) is 1. The SMILES string of the molecule is C=C(CC)CC(N)C(OC)C1CC1. The van der Waals surface area contributed by atoms with E-state index in [2.05, 4.69) is 13.5 Å². The summed E-state index contributed by atoms with van der Waals surface area (Å²) in [5, 5.41) is 0. The summed E-state index contributed by atoms with van der Waals surface area (Å²) in [5.41, 5.74) is 7.29. The van der Waals surface area contributed by atoms with E-state index in [9.17, 15) is 0 Å². The standard InChI is InChI=1S/C11H21NO/c1-4-8(2)7-10(12)11(13-3)9-5-6-9/h9-11H,2,4-7,12H2,1,3H3. The Hall–Kier alpha value is -0.340. The Bertz CT molecular complexity index is 175. The highest BCUT2D eigenvalue weighted by Gasteiger charge is 2.35. The molecular formula is C11H21NO. The highest BCUT2D eigenvalue weighted by atomic mass is 16.5. The third-order valence-electron chi connectivity index (χ3n) is 2.81. The molecule has 2 heteroatoms. The Morgan fingerprint density at radius 1 is 1.62 bits per heavy atom. The molecule has 0 radical (unpaired) electrons. The van der Waals surface area contributed by atoms with Crippen LogP contribution < -0.4 is 5.73 Å². The maximum Gasteiger partial charge on any atom is 0.0753 e. The van der Waals surface area contributed by atoms with E-state index in [0.717, 1.165) is 12.8 Å². The Balaban J connectivity index is 2.34. The van der Waals surface area contributed by atoms with E-state index < -0.39 is 0 Å². The van der Waals surface area contributed by atoms with Crippen LogP contribution in [0.2, 0.25) is 0 Å². The molecule has 0 saturated heterocycles. The summed E-state index contributed by atoms with van der Waals surface area (Å²) in [5.74, 6) is 0.713. The second-order valence-electron chi connectivity index (χ2n) is 4.01. The zero-order chi connectivity index (χ0) is 9.84. The van der Waals surface area contributed by atoms with Crippen LogP contribution in [0.1, 0.15) is 32.6 Å². The van der Waals surface area contributed by atoms with E-state index in [4.69, 9.17) is 10.5 Å². The Morgan fingerprint density at radius 3 is 2.62 bits per heavy atom. The average Bonchev–Trinajstić information content (AvgIpc) is 2.89. The van der Waals surface area contributed by atoms with Crippen LogP contribution in [0.3, 0.4) is 0 Å². The van der Waals surface area contributed by atoms with E-state index in [1.165, 1.54) is 18.4 Å². The first-order valence-corrected chi connectivity index (χ1v) is 5.14.